The maximum Gasteiger partial charge on any atom is 0.0789 e. The van der Waals surface area contributed by atoms with Crippen molar-refractivity contribution in [3.63, 3.8) is 0 Å². The van der Waals surface area contributed by atoms with Crippen molar-refractivity contribution in [1.29, 1.82) is 0 Å². The lowest BCUT2D eigenvalue weighted by molar-refractivity contribution is 0.723. The molecule has 0 atom stereocenters. The lowest BCUT2D eigenvalue weighted by Crippen LogP contribution is -2.18. The zero-order valence-corrected chi connectivity index (χ0v) is 12.5. The fourth-order valence-corrected chi connectivity index (χ4v) is 2.55. The van der Waals surface area contributed by atoms with Gasteiger partial charge in [-0.3, -0.25) is 4.98 Å². The van der Waals surface area contributed by atoms with Gasteiger partial charge in [0.2, 0.25) is 0 Å². The molecule has 0 saturated heterocycles. The zero-order valence-electron chi connectivity index (χ0n) is 11.7. The van der Waals surface area contributed by atoms with E-state index in [0.29, 0.717) is 0 Å². The van der Waals surface area contributed by atoms with Gasteiger partial charge in [-0.1, -0.05) is 36.2 Å². The third kappa shape index (κ3) is 3.02. The van der Waals surface area contributed by atoms with E-state index in [1.54, 1.807) is 0 Å². The first-order chi connectivity index (χ1) is 9.78. The van der Waals surface area contributed by atoms with Crippen LogP contribution < -0.4 is 5.32 Å². The third-order valence-electron chi connectivity index (χ3n) is 3.76. The molecule has 1 saturated carbocycles. The fourth-order valence-electron chi connectivity index (χ4n) is 2.34. The molecule has 2 aromatic rings. The predicted octanol–water partition coefficient (Wildman–Crippen LogP) is 4.43. The molecule has 0 spiro atoms. The Bertz CT molecular complexity index is 644. The molecule has 1 heterocycles. The van der Waals surface area contributed by atoms with Crippen LogP contribution in [0.15, 0.2) is 36.0 Å². The number of nitrogens with zero attached hydrogens (tertiary/aromatic N) is 1. The Morgan fingerprint density at radius 3 is 3.00 bits per heavy atom. The minimum absolute atomic E-state index is 0.741. The molecule has 1 fully saturated rings. The number of halogens is 1. The van der Waals surface area contributed by atoms with Crippen molar-refractivity contribution in [2.45, 2.75) is 32.2 Å². The van der Waals surface area contributed by atoms with Crippen LogP contribution in [0, 0.1) is 0 Å². The van der Waals surface area contributed by atoms with Crippen LogP contribution in [0.5, 0.6) is 0 Å². The van der Waals surface area contributed by atoms with Gasteiger partial charge in [0.1, 0.15) is 0 Å². The van der Waals surface area contributed by atoms with Gasteiger partial charge < -0.3 is 5.32 Å². The Hall–Kier alpha value is -1.38. The van der Waals surface area contributed by atoms with Crippen molar-refractivity contribution < 1.29 is 0 Å². The molecule has 1 aromatic carbocycles. The van der Waals surface area contributed by atoms with Crippen LogP contribution in [0.25, 0.3) is 17.0 Å². The molecular formula is C17H19ClN2. The summed E-state index contributed by atoms with van der Waals surface area (Å²) in [6.07, 6.45) is 7.77. The van der Waals surface area contributed by atoms with Crippen LogP contribution in [0.1, 0.15) is 31.7 Å². The highest BCUT2D eigenvalue weighted by Crippen LogP contribution is 2.26. The minimum Gasteiger partial charge on any atom is -0.310 e. The smallest absolute Gasteiger partial charge is 0.0789 e. The maximum atomic E-state index is 6.24. The highest BCUT2D eigenvalue weighted by molar-refractivity contribution is 6.35. The van der Waals surface area contributed by atoms with Crippen LogP contribution in [-0.2, 0) is 0 Å². The summed E-state index contributed by atoms with van der Waals surface area (Å²) in [6, 6.07) is 8.71. The Morgan fingerprint density at radius 2 is 2.25 bits per heavy atom. The first-order valence-electron chi connectivity index (χ1n) is 7.24. The second kappa shape index (κ2) is 5.94. The van der Waals surface area contributed by atoms with Crippen molar-refractivity contribution in [1.82, 2.24) is 10.3 Å². The Morgan fingerprint density at radius 1 is 1.40 bits per heavy atom. The van der Waals surface area contributed by atoms with E-state index in [-0.39, 0.29) is 0 Å². The second-order valence-electron chi connectivity index (χ2n) is 5.35. The van der Waals surface area contributed by atoms with Crippen LogP contribution in [0.2, 0.25) is 5.02 Å². The number of fused-ring (bicyclic) bond motifs is 1. The van der Waals surface area contributed by atoms with Crippen LogP contribution in [0.3, 0.4) is 0 Å². The fraction of sp³-hybridized carbons (Fsp3) is 0.353. The average molecular weight is 287 g/mol. The molecule has 1 aliphatic carbocycles. The summed E-state index contributed by atoms with van der Waals surface area (Å²) in [6.45, 7) is 3.17. The summed E-state index contributed by atoms with van der Waals surface area (Å²) in [5.41, 5.74) is 3.54. The highest BCUT2D eigenvalue weighted by Gasteiger charge is 2.20. The normalized spacial score (nSPS) is 15.8. The van der Waals surface area contributed by atoms with Gasteiger partial charge in [-0.2, -0.15) is 0 Å². The summed E-state index contributed by atoms with van der Waals surface area (Å²) in [5.74, 6) is 0. The molecule has 0 amide bonds. The number of hydrogen-bond acceptors (Lipinski definition) is 2. The van der Waals surface area contributed by atoms with Crippen LogP contribution in [0.4, 0.5) is 0 Å². The van der Waals surface area contributed by atoms with Crippen molar-refractivity contribution in [2.75, 3.05) is 6.54 Å². The summed E-state index contributed by atoms with van der Waals surface area (Å²) in [5, 5.41) is 5.36. The van der Waals surface area contributed by atoms with E-state index in [4.69, 9.17) is 11.6 Å². The number of nitrogens with one attached hydrogen (secondary N) is 1. The zero-order chi connectivity index (χ0) is 13.9. The molecule has 1 N–H and O–H groups in total. The molecule has 0 radical (unpaired) electrons. The van der Waals surface area contributed by atoms with Gasteiger partial charge in [0.05, 0.1) is 10.5 Å². The Balaban J connectivity index is 1.93. The van der Waals surface area contributed by atoms with E-state index in [2.05, 4.69) is 29.4 Å². The van der Waals surface area contributed by atoms with Crippen molar-refractivity contribution in [2.24, 2.45) is 0 Å². The van der Waals surface area contributed by atoms with Crippen molar-refractivity contribution in [3.05, 3.63) is 46.6 Å². The first kappa shape index (κ1) is 13.6. The van der Waals surface area contributed by atoms with Crippen molar-refractivity contribution in [3.8, 4) is 0 Å². The Labute approximate surface area is 124 Å². The molecule has 0 bridgehead atoms. The van der Waals surface area contributed by atoms with Gasteiger partial charge in [-0.25, -0.2) is 0 Å². The maximum absolute atomic E-state index is 6.24. The molecule has 0 unspecified atom stereocenters. The molecule has 0 aliphatic heterocycles. The molecule has 3 rings (SSSR count). The SMILES string of the molecule is CC/C(=C/c1ccc(Cl)c2cccnc12)CNC1CC1. The molecule has 104 valence electrons. The predicted molar refractivity (Wildman–Crippen MR) is 86.0 cm³/mol. The second-order valence-corrected chi connectivity index (χ2v) is 5.75. The van der Waals surface area contributed by atoms with E-state index in [1.807, 2.05) is 24.4 Å². The van der Waals surface area contributed by atoms with Crippen LogP contribution in [-0.4, -0.2) is 17.6 Å². The largest absolute Gasteiger partial charge is 0.310 e. The van der Waals surface area contributed by atoms with Crippen LogP contribution >= 0.6 is 11.6 Å². The average Bonchev–Trinajstić information content (AvgIpc) is 3.30. The molecule has 20 heavy (non-hydrogen) atoms. The molecule has 1 aliphatic rings. The quantitative estimate of drug-likeness (QED) is 0.879. The van der Waals surface area contributed by atoms with Crippen molar-refractivity contribution >= 4 is 28.6 Å². The lowest BCUT2D eigenvalue weighted by Gasteiger charge is -2.08. The number of benzene rings is 1. The summed E-state index contributed by atoms with van der Waals surface area (Å²) < 4.78 is 0. The minimum atomic E-state index is 0.741. The topological polar surface area (TPSA) is 24.9 Å². The highest BCUT2D eigenvalue weighted by atomic mass is 35.5. The molecule has 1 aromatic heterocycles. The molecule has 2 nitrogen and oxygen atoms in total. The molecule has 3 heteroatoms. The Kier molecular flexibility index (Phi) is 4.04. The van der Waals surface area contributed by atoms with E-state index >= 15 is 0 Å². The van der Waals surface area contributed by atoms with E-state index in [0.717, 1.165) is 40.5 Å². The van der Waals surface area contributed by atoms with E-state index in [9.17, 15) is 0 Å². The van der Waals surface area contributed by atoms with E-state index in [1.165, 1.54) is 18.4 Å². The van der Waals surface area contributed by atoms with Gasteiger partial charge in [0.25, 0.3) is 0 Å². The van der Waals surface area contributed by atoms with Gasteiger partial charge in [0.15, 0.2) is 0 Å². The number of rotatable bonds is 5. The first-order valence-corrected chi connectivity index (χ1v) is 7.62. The van der Waals surface area contributed by atoms with Gasteiger partial charge in [-0.15, -0.1) is 0 Å². The van der Waals surface area contributed by atoms with Gasteiger partial charge in [-0.05, 0) is 37.5 Å². The molecular weight excluding hydrogens is 268 g/mol. The number of aromatic nitrogens is 1. The van der Waals surface area contributed by atoms with Gasteiger partial charge >= 0.3 is 0 Å². The summed E-state index contributed by atoms with van der Waals surface area (Å²) >= 11 is 6.24. The summed E-state index contributed by atoms with van der Waals surface area (Å²) in [4.78, 5) is 4.49. The number of pyridine rings is 1. The van der Waals surface area contributed by atoms with Gasteiger partial charge in [0, 0.05) is 29.7 Å². The third-order valence-corrected chi connectivity index (χ3v) is 4.09. The standard InChI is InChI=1S/C17H19ClN2/c1-2-12(11-20-14-6-7-14)10-13-5-8-16(18)15-4-3-9-19-17(13)15/h3-5,8-10,14,20H,2,6-7,11H2,1H3/b12-10-. The lowest BCUT2D eigenvalue weighted by atomic mass is 10.1. The summed E-state index contributed by atoms with van der Waals surface area (Å²) in [7, 11) is 0. The number of hydrogen-bond donors (Lipinski definition) is 1. The monoisotopic (exact) mass is 286 g/mol. The van der Waals surface area contributed by atoms with E-state index < -0.39 is 0 Å².